The number of aromatic nitrogens is 2. The monoisotopic (exact) mass is 338 g/mol. The molecule has 0 fully saturated rings. The molecule has 1 atom stereocenters. The van der Waals surface area contributed by atoms with Crippen LogP contribution in [0, 0.1) is 6.92 Å². The molecule has 0 spiro atoms. The lowest BCUT2D eigenvalue weighted by molar-refractivity contribution is 0.0941. The number of aryl methyl sites for hydroxylation is 1. The van der Waals surface area contributed by atoms with Gasteiger partial charge in [-0.2, -0.15) is 0 Å². The van der Waals surface area contributed by atoms with Crippen molar-refractivity contribution >= 4 is 11.6 Å². The smallest absolute Gasteiger partial charge is 0.251 e. The third-order valence-corrected chi connectivity index (χ3v) is 3.86. The number of amides is 1. The Kier molecular flexibility index (Phi) is 5.00. The SMILES string of the molecule is Cc1ccc2nc(COc3cccc(C(=O)N[C@@H](C)CN)c3)cn2c1. The number of fused-ring (bicyclic) bond motifs is 1. The van der Waals surface area contributed by atoms with Gasteiger partial charge in [0.05, 0.1) is 5.69 Å². The van der Waals surface area contributed by atoms with E-state index in [2.05, 4.69) is 10.3 Å². The van der Waals surface area contributed by atoms with E-state index in [1.807, 2.05) is 48.8 Å². The first-order valence-corrected chi connectivity index (χ1v) is 8.23. The molecule has 0 saturated carbocycles. The molecular weight excluding hydrogens is 316 g/mol. The number of nitrogens with zero attached hydrogens (tertiary/aromatic N) is 2. The third-order valence-electron chi connectivity index (χ3n) is 3.86. The highest BCUT2D eigenvalue weighted by Crippen LogP contribution is 2.16. The minimum atomic E-state index is -0.161. The number of ether oxygens (including phenoxy) is 1. The van der Waals surface area contributed by atoms with E-state index < -0.39 is 0 Å². The fourth-order valence-electron chi connectivity index (χ4n) is 2.48. The molecule has 3 N–H and O–H groups in total. The Labute approximate surface area is 146 Å². The van der Waals surface area contributed by atoms with E-state index in [1.54, 1.807) is 18.2 Å². The minimum absolute atomic E-state index is 0.0708. The van der Waals surface area contributed by atoms with Gasteiger partial charge in [-0.3, -0.25) is 4.79 Å². The number of carbonyl (C=O) groups is 1. The van der Waals surface area contributed by atoms with Gasteiger partial charge in [0.15, 0.2) is 0 Å². The number of hydrogen-bond donors (Lipinski definition) is 2. The number of carbonyl (C=O) groups excluding carboxylic acids is 1. The standard InChI is InChI=1S/C19H22N4O2/c1-13-6-7-18-22-16(11-23(18)10-13)12-25-17-5-3-4-15(8-17)19(24)21-14(2)9-20/h3-8,10-11,14H,9,12,20H2,1-2H3,(H,21,24)/t14-/m0/s1. The second-order valence-corrected chi connectivity index (χ2v) is 6.13. The summed E-state index contributed by atoms with van der Waals surface area (Å²) in [7, 11) is 0. The highest BCUT2D eigenvalue weighted by molar-refractivity contribution is 5.94. The van der Waals surface area contributed by atoms with Gasteiger partial charge in [-0.25, -0.2) is 4.98 Å². The van der Waals surface area contributed by atoms with E-state index in [-0.39, 0.29) is 11.9 Å². The molecule has 0 aliphatic heterocycles. The van der Waals surface area contributed by atoms with Crippen LogP contribution in [0.2, 0.25) is 0 Å². The third kappa shape index (κ3) is 4.16. The van der Waals surface area contributed by atoms with Crippen molar-refractivity contribution in [3.8, 4) is 5.75 Å². The van der Waals surface area contributed by atoms with Gasteiger partial charge in [0, 0.05) is 30.5 Å². The highest BCUT2D eigenvalue weighted by Gasteiger charge is 2.10. The van der Waals surface area contributed by atoms with Gasteiger partial charge in [-0.05, 0) is 43.7 Å². The molecule has 1 amide bonds. The summed E-state index contributed by atoms with van der Waals surface area (Å²) in [5.41, 5.74) is 8.96. The molecule has 6 nitrogen and oxygen atoms in total. The predicted octanol–water partition coefficient (Wildman–Crippen LogP) is 2.30. The Balaban J connectivity index is 1.68. The van der Waals surface area contributed by atoms with Crippen molar-refractivity contribution in [3.63, 3.8) is 0 Å². The van der Waals surface area contributed by atoms with Gasteiger partial charge in [-0.15, -0.1) is 0 Å². The van der Waals surface area contributed by atoms with Crippen LogP contribution in [-0.4, -0.2) is 27.9 Å². The van der Waals surface area contributed by atoms with Gasteiger partial charge in [0.1, 0.15) is 18.0 Å². The maximum Gasteiger partial charge on any atom is 0.251 e. The lowest BCUT2D eigenvalue weighted by Gasteiger charge is -2.12. The quantitative estimate of drug-likeness (QED) is 0.722. The highest BCUT2D eigenvalue weighted by atomic mass is 16.5. The van der Waals surface area contributed by atoms with Crippen LogP contribution >= 0.6 is 0 Å². The van der Waals surface area contributed by atoms with Crippen LogP contribution in [0.5, 0.6) is 5.75 Å². The normalized spacial score (nSPS) is 12.1. The first kappa shape index (κ1) is 17.0. The van der Waals surface area contributed by atoms with Crippen LogP contribution in [0.3, 0.4) is 0 Å². The van der Waals surface area contributed by atoms with Crippen LogP contribution < -0.4 is 15.8 Å². The topological polar surface area (TPSA) is 81.6 Å². The van der Waals surface area contributed by atoms with E-state index in [9.17, 15) is 4.79 Å². The van der Waals surface area contributed by atoms with Crippen molar-refractivity contribution in [3.05, 3.63) is 65.6 Å². The summed E-state index contributed by atoms with van der Waals surface area (Å²) in [6, 6.07) is 11.0. The largest absolute Gasteiger partial charge is 0.487 e. The van der Waals surface area contributed by atoms with Crippen LogP contribution in [0.1, 0.15) is 28.5 Å². The van der Waals surface area contributed by atoms with E-state index >= 15 is 0 Å². The molecule has 2 aromatic heterocycles. The lowest BCUT2D eigenvalue weighted by Crippen LogP contribution is -2.37. The van der Waals surface area contributed by atoms with E-state index in [4.69, 9.17) is 10.5 Å². The Morgan fingerprint density at radius 3 is 2.96 bits per heavy atom. The first-order valence-electron chi connectivity index (χ1n) is 8.23. The van der Waals surface area contributed by atoms with Crippen molar-refractivity contribution in [1.29, 1.82) is 0 Å². The van der Waals surface area contributed by atoms with Crippen LogP contribution in [0.4, 0.5) is 0 Å². The van der Waals surface area contributed by atoms with E-state index in [0.29, 0.717) is 24.5 Å². The molecule has 0 aliphatic rings. The van der Waals surface area contributed by atoms with Crippen molar-refractivity contribution in [2.75, 3.05) is 6.54 Å². The van der Waals surface area contributed by atoms with Crippen LogP contribution in [-0.2, 0) is 6.61 Å². The maximum atomic E-state index is 12.2. The predicted molar refractivity (Wildman–Crippen MR) is 96.7 cm³/mol. The summed E-state index contributed by atoms with van der Waals surface area (Å²) in [6.45, 7) is 4.64. The molecule has 1 aromatic carbocycles. The Morgan fingerprint density at radius 1 is 1.32 bits per heavy atom. The average Bonchev–Trinajstić information content (AvgIpc) is 3.02. The van der Waals surface area contributed by atoms with Crippen molar-refractivity contribution in [2.45, 2.75) is 26.5 Å². The number of hydrogen-bond acceptors (Lipinski definition) is 4. The molecule has 0 aliphatic carbocycles. The van der Waals surface area contributed by atoms with Crippen molar-refractivity contribution < 1.29 is 9.53 Å². The zero-order chi connectivity index (χ0) is 17.8. The molecular formula is C19H22N4O2. The molecule has 25 heavy (non-hydrogen) atoms. The molecule has 2 heterocycles. The summed E-state index contributed by atoms with van der Waals surface area (Å²) in [6.07, 6.45) is 3.97. The fraction of sp³-hybridized carbons (Fsp3) is 0.263. The zero-order valence-corrected chi connectivity index (χ0v) is 14.4. The molecule has 0 unspecified atom stereocenters. The Bertz CT molecular complexity index is 888. The summed E-state index contributed by atoms with van der Waals surface area (Å²) in [4.78, 5) is 16.7. The number of imidazole rings is 1. The molecule has 6 heteroatoms. The van der Waals surface area contributed by atoms with E-state index in [0.717, 1.165) is 11.3 Å². The van der Waals surface area contributed by atoms with Crippen molar-refractivity contribution in [1.82, 2.24) is 14.7 Å². The molecule has 0 saturated heterocycles. The van der Waals surface area contributed by atoms with Crippen LogP contribution in [0.25, 0.3) is 5.65 Å². The van der Waals surface area contributed by atoms with Crippen LogP contribution in [0.15, 0.2) is 48.8 Å². The van der Waals surface area contributed by atoms with E-state index in [1.165, 1.54) is 5.56 Å². The number of pyridine rings is 1. The van der Waals surface area contributed by atoms with Gasteiger partial charge in [0.2, 0.25) is 0 Å². The minimum Gasteiger partial charge on any atom is -0.487 e. The van der Waals surface area contributed by atoms with Crippen molar-refractivity contribution in [2.24, 2.45) is 5.73 Å². The molecule has 130 valence electrons. The number of nitrogens with two attached hydrogens (primary N) is 1. The Hall–Kier alpha value is -2.86. The first-order chi connectivity index (χ1) is 12.0. The van der Waals surface area contributed by atoms with Gasteiger partial charge < -0.3 is 20.2 Å². The number of nitrogens with one attached hydrogen (secondary N) is 1. The maximum absolute atomic E-state index is 12.2. The molecule has 0 radical (unpaired) electrons. The summed E-state index contributed by atoms with van der Waals surface area (Å²) in [5.74, 6) is 0.466. The number of benzene rings is 1. The molecule has 3 aromatic rings. The van der Waals surface area contributed by atoms with Gasteiger partial charge in [0.25, 0.3) is 5.91 Å². The second kappa shape index (κ2) is 7.36. The summed E-state index contributed by atoms with van der Waals surface area (Å²) < 4.78 is 7.77. The lowest BCUT2D eigenvalue weighted by atomic mass is 10.2. The molecule has 0 bridgehead atoms. The average molecular weight is 338 g/mol. The van der Waals surface area contributed by atoms with Gasteiger partial charge in [-0.1, -0.05) is 12.1 Å². The summed E-state index contributed by atoms with van der Waals surface area (Å²) in [5, 5.41) is 2.83. The fourth-order valence-corrected chi connectivity index (χ4v) is 2.48. The van der Waals surface area contributed by atoms with Gasteiger partial charge >= 0.3 is 0 Å². The summed E-state index contributed by atoms with van der Waals surface area (Å²) >= 11 is 0. The zero-order valence-electron chi connectivity index (χ0n) is 14.4. The molecule has 3 rings (SSSR count). The second-order valence-electron chi connectivity index (χ2n) is 6.13. The Morgan fingerprint density at radius 2 is 2.16 bits per heavy atom. The number of rotatable bonds is 6.